The Kier molecular flexibility index (Phi) is 8.37. The van der Waals surface area contributed by atoms with Gasteiger partial charge in [-0.15, -0.1) is 0 Å². The van der Waals surface area contributed by atoms with E-state index in [4.69, 9.17) is 21.7 Å². The van der Waals surface area contributed by atoms with Crippen LogP contribution in [0, 0.1) is 0 Å². The predicted octanol–water partition coefficient (Wildman–Crippen LogP) is 4.24. The minimum Gasteiger partial charge on any atom is -0.490 e. The molecule has 0 aromatic heterocycles. The van der Waals surface area contributed by atoms with E-state index in [1.54, 1.807) is 6.21 Å². The maximum absolute atomic E-state index is 5.91. The standard InChI is InChI=1S/C19H22BrN3O2S/c1-3-21-19(26)23-22-12-15-7-10-17(18(11-15)24-4-2)25-13-14-5-8-16(20)9-6-14/h5-12H,3-4,13H2,1-2H3,(H2,21,23,26)/b22-12-. The number of rotatable bonds is 8. The van der Waals surface area contributed by atoms with Crippen LogP contribution in [0.4, 0.5) is 0 Å². The molecule has 0 aliphatic rings. The molecular formula is C19H22BrN3O2S. The van der Waals surface area contributed by atoms with E-state index in [0.29, 0.717) is 29.8 Å². The summed E-state index contributed by atoms with van der Waals surface area (Å²) in [4.78, 5) is 0. The SMILES string of the molecule is CCNC(=S)N/N=C\c1ccc(OCc2ccc(Br)cc2)c(OCC)c1. The van der Waals surface area contributed by atoms with Gasteiger partial charge in [-0.25, -0.2) is 0 Å². The maximum Gasteiger partial charge on any atom is 0.186 e. The van der Waals surface area contributed by atoms with Gasteiger partial charge in [0.1, 0.15) is 6.61 Å². The summed E-state index contributed by atoms with van der Waals surface area (Å²) >= 11 is 8.49. The zero-order valence-corrected chi connectivity index (χ0v) is 17.2. The van der Waals surface area contributed by atoms with Crippen LogP contribution in [0.15, 0.2) is 52.0 Å². The van der Waals surface area contributed by atoms with Crippen LogP contribution >= 0.6 is 28.1 Å². The van der Waals surface area contributed by atoms with E-state index >= 15 is 0 Å². The van der Waals surface area contributed by atoms with Crippen molar-refractivity contribution in [2.45, 2.75) is 20.5 Å². The molecule has 2 aromatic carbocycles. The van der Waals surface area contributed by atoms with Crippen molar-refractivity contribution in [3.05, 3.63) is 58.1 Å². The molecule has 0 aliphatic carbocycles. The highest BCUT2D eigenvalue weighted by molar-refractivity contribution is 9.10. The largest absolute Gasteiger partial charge is 0.490 e. The van der Waals surface area contributed by atoms with Gasteiger partial charge in [0, 0.05) is 11.0 Å². The van der Waals surface area contributed by atoms with E-state index < -0.39 is 0 Å². The van der Waals surface area contributed by atoms with Crippen molar-refractivity contribution in [1.29, 1.82) is 0 Å². The first-order valence-electron chi connectivity index (χ1n) is 8.33. The second-order valence-electron chi connectivity index (χ2n) is 5.28. The quantitative estimate of drug-likeness (QED) is 0.368. The highest BCUT2D eigenvalue weighted by atomic mass is 79.9. The fourth-order valence-electron chi connectivity index (χ4n) is 2.10. The fraction of sp³-hybridized carbons (Fsp3) is 0.263. The summed E-state index contributed by atoms with van der Waals surface area (Å²) in [7, 11) is 0. The molecule has 2 rings (SSSR count). The lowest BCUT2D eigenvalue weighted by Gasteiger charge is -2.12. The number of ether oxygens (including phenoxy) is 2. The maximum atomic E-state index is 5.91. The van der Waals surface area contributed by atoms with Gasteiger partial charge in [-0.1, -0.05) is 28.1 Å². The molecule has 2 N–H and O–H groups in total. The number of hydrogen-bond donors (Lipinski definition) is 2. The predicted molar refractivity (Wildman–Crippen MR) is 113 cm³/mol. The van der Waals surface area contributed by atoms with Gasteiger partial charge in [0.15, 0.2) is 16.6 Å². The van der Waals surface area contributed by atoms with Gasteiger partial charge in [-0.3, -0.25) is 5.43 Å². The van der Waals surface area contributed by atoms with Crippen LogP contribution in [-0.2, 0) is 6.61 Å². The molecule has 0 spiro atoms. The van der Waals surface area contributed by atoms with Crippen LogP contribution in [0.3, 0.4) is 0 Å². The van der Waals surface area contributed by atoms with Crippen molar-refractivity contribution in [1.82, 2.24) is 10.7 Å². The van der Waals surface area contributed by atoms with Crippen LogP contribution in [0.2, 0.25) is 0 Å². The molecule has 26 heavy (non-hydrogen) atoms. The van der Waals surface area contributed by atoms with E-state index in [9.17, 15) is 0 Å². The van der Waals surface area contributed by atoms with Gasteiger partial charge in [-0.05, 0) is 67.5 Å². The monoisotopic (exact) mass is 435 g/mol. The number of thiocarbonyl (C=S) groups is 1. The van der Waals surface area contributed by atoms with E-state index in [2.05, 4.69) is 31.8 Å². The Bertz CT molecular complexity index is 751. The minimum absolute atomic E-state index is 0.472. The summed E-state index contributed by atoms with van der Waals surface area (Å²) in [5.41, 5.74) is 4.73. The van der Waals surface area contributed by atoms with Crippen LogP contribution < -0.4 is 20.2 Å². The van der Waals surface area contributed by atoms with Crippen molar-refractivity contribution in [3.63, 3.8) is 0 Å². The third-order valence-electron chi connectivity index (χ3n) is 3.29. The zero-order chi connectivity index (χ0) is 18.8. The highest BCUT2D eigenvalue weighted by Crippen LogP contribution is 2.29. The second kappa shape index (κ2) is 10.8. The molecule has 0 saturated carbocycles. The van der Waals surface area contributed by atoms with Crippen LogP contribution in [0.25, 0.3) is 0 Å². The highest BCUT2D eigenvalue weighted by Gasteiger charge is 2.06. The zero-order valence-electron chi connectivity index (χ0n) is 14.8. The number of halogens is 1. The van der Waals surface area contributed by atoms with E-state index in [-0.39, 0.29) is 0 Å². The van der Waals surface area contributed by atoms with E-state index in [0.717, 1.165) is 22.1 Å². The Morgan fingerprint density at radius 2 is 1.88 bits per heavy atom. The number of benzene rings is 2. The Morgan fingerprint density at radius 3 is 2.58 bits per heavy atom. The molecule has 0 unspecified atom stereocenters. The Morgan fingerprint density at radius 1 is 1.12 bits per heavy atom. The smallest absolute Gasteiger partial charge is 0.186 e. The van der Waals surface area contributed by atoms with Gasteiger partial charge in [0.05, 0.1) is 12.8 Å². The first-order chi connectivity index (χ1) is 12.6. The molecule has 0 aliphatic heterocycles. The van der Waals surface area contributed by atoms with E-state index in [1.165, 1.54) is 0 Å². The third kappa shape index (κ3) is 6.65. The first-order valence-corrected chi connectivity index (χ1v) is 9.53. The van der Waals surface area contributed by atoms with Crippen molar-refractivity contribution in [3.8, 4) is 11.5 Å². The van der Waals surface area contributed by atoms with Gasteiger partial charge in [-0.2, -0.15) is 5.10 Å². The van der Waals surface area contributed by atoms with Crippen molar-refractivity contribution < 1.29 is 9.47 Å². The number of nitrogens with zero attached hydrogens (tertiary/aromatic N) is 1. The number of hydrazone groups is 1. The summed E-state index contributed by atoms with van der Waals surface area (Å²) in [6.07, 6.45) is 1.69. The topological polar surface area (TPSA) is 54.9 Å². The Hall–Kier alpha value is -2.12. The molecule has 5 nitrogen and oxygen atoms in total. The van der Waals surface area contributed by atoms with E-state index in [1.807, 2.05) is 56.3 Å². The Balaban J connectivity index is 2.03. The van der Waals surface area contributed by atoms with Crippen LogP contribution in [0.1, 0.15) is 25.0 Å². The molecule has 0 radical (unpaired) electrons. The second-order valence-corrected chi connectivity index (χ2v) is 6.61. The van der Waals surface area contributed by atoms with Gasteiger partial charge in [0.2, 0.25) is 0 Å². The first kappa shape index (κ1) is 20.2. The van der Waals surface area contributed by atoms with Gasteiger partial charge in [0.25, 0.3) is 0 Å². The fourth-order valence-corrected chi connectivity index (χ4v) is 2.56. The van der Waals surface area contributed by atoms with Crippen LogP contribution in [-0.4, -0.2) is 24.5 Å². The van der Waals surface area contributed by atoms with Crippen LogP contribution in [0.5, 0.6) is 11.5 Å². The lowest BCUT2D eigenvalue weighted by Crippen LogP contribution is -2.31. The van der Waals surface area contributed by atoms with Crippen molar-refractivity contribution in [2.24, 2.45) is 5.10 Å². The lowest BCUT2D eigenvalue weighted by atomic mass is 10.2. The van der Waals surface area contributed by atoms with Crippen molar-refractivity contribution in [2.75, 3.05) is 13.2 Å². The number of nitrogens with one attached hydrogen (secondary N) is 2. The summed E-state index contributed by atoms with van der Waals surface area (Å²) in [5, 5.41) is 7.57. The molecule has 0 atom stereocenters. The van der Waals surface area contributed by atoms with Crippen molar-refractivity contribution >= 4 is 39.5 Å². The molecule has 2 aromatic rings. The molecular weight excluding hydrogens is 414 g/mol. The summed E-state index contributed by atoms with van der Waals surface area (Å²) in [6.45, 7) is 5.69. The summed E-state index contributed by atoms with van der Waals surface area (Å²) in [5.74, 6) is 1.38. The third-order valence-corrected chi connectivity index (χ3v) is 4.06. The minimum atomic E-state index is 0.472. The normalized spacial score (nSPS) is 10.6. The van der Waals surface area contributed by atoms with Gasteiger partial charge < -0.3 is 14.8 Å². The lowest BCUT2D eigenvalue weighted by molar-refractivity contribution is 0.269. The van der Waals surface area contributed by atoms with Gasteiger partial charge >= 0.3 is 0 Å². The number of hydrogen-bond acceptors (Lipinski definition) is 4. The Labute approximate surface area is 167 Å². The molecule has 0 saturated heterocycles. The summed E-state index contributed by atoms with van der Waals surface area (Å²) in [6, 6.07) is 13.7. The average molecular weight is 436 g/mol. The molecule has 7 heteroatoms. The molecule has 138 valence electrons. The molecule has 0 bridgehead atoms. The average Bonchev–Trinajstić information content (AvgIpc) is 2.63. The summed E-state index contributed by atoms with van der Waals surface area (Å²) < 4.78 is 12.7. The molecule has 0 fully saturated rings. The molecule has 0 heterocycles. The molecule has 0 amide bonds.